The summed E-state index contributed by atoms with van der Waals surface area (Å²) in [6, 6.07) is 1.35. The highest BCUT2D eigenvalue weighted by molar-refractivity contribution is 5.94. The van der Waals surface area contributed by atoms with E-state index in [9.17, 15) is 9.18 Å². The first kappa shape index (κ1) is 11.0. The van der Waals surface area contributed by atoms with E-state index in [-0.39, 0.29) is 11.6 Å². The van der Waals surface area contributed by atoms with E-state index in [2.05, 4.69) is 10.3 Å². The Balaban J connectivity index is 2.00. The molecule has 0 bridgehead atoms. The van der Waals surface area contributed by atoms with Crippen molar-refractivity contribution in [2.75, 3.05) is 13.2 Å². The molecule has 4 nitrogen and oxygen atoms in total. The minimum atomic E-state index is -0.600. The lowest BCUT2D eigenvalue weighted by atomic mass is 10.1. The Morgan fingerprint density at radius 2 is 2.50 bits per heavy atom. The van der Waals surface area contributed by atoms with Gasteiger partial charge >= 0.3 is 0 Å². The number of amides is 1. The van der Waals surface area contributed by atoms with Gasteiger partial charge in [0, 0.05) is 12.8 Å². The highest BCUT2D eigenvalue weighted by Crippen LogP contribution is 2.09. The van der Waals surface area contributed by atoms with Gasteiger partial charge in [-0.05, 0) is 18.9 Å². The van der Waals surface area contributed by atoms with Crippen LogP contribution in [0.4, 0.5) is 4.39 Å². The van der Waals surface area contributed by atoms with Crippen LogP contribution in [0.1, 0.15) is 23.2 Å². The van der Waals surface area contributed by atoms with Crippen LogP contribution in [0.15, 0.2) is 18.5 Å². The van der Waals surface area contributed by atoms with Gasteiger partial charge < -0.3 is 10.1 Å². The Morgan fingerprint density at radius 1 is 1.62 bits per heavy atom. The highest BCUT2D eigenvalue weighted by Gasteiger charge is 2.18. The lowest BCUT2D eigenvalue weighted by Crippen LogP contribution is -2.40. The van der Waals surface area contributed by atoms with Gasteiger partial charge in [-0.15, -0.1) is 0 Å². The van der Waals surface area contributed by atoms with E-state index in [1.54, 1.807) is 0 Å². The number of ether oxygens (including phenoxy) is 1. The number of hydrogen-bond donors (Lipinski definition) is 1. The molecule has 2 heterocycles. The molecular formula is C11H13FN2O2. The third-order valence-electron chi connectivity index (χ3n) is 2.51. The lowest BCUT2D eigenvalue weighted by molar-refractivity contribution is 0.0622. The largest absolute Gasteiger partial charge is 0.379 e. The fourth-order valence-electron chi connectivity index (χ4n) is 1.68. The fraction of sp³-hybridized carbons (Fsp3) is 0.455. The second kappa shape index (κ2) is 5.03. The van der Waals surface area contributed by atoms with Crippen molar-refractivity contribution in [1.82, 2.24) is 10.3 Å². The predicted molar refractivity (Wildman–Crippen MR) is 55.5 cm³/mol. The number of hydrogen-bond acceptors (Lipinski definition) is 3. The first-order chi connectivity index (χ1) is 7.77. The van der Waals surface area contributed by atoms with E-state index >= 15 is 0 Å². The van der Waals surface area contributed by atoms with E-state index in [1.807, 2.05) is 0 Å². The molecule has 1 saturated heterocycles. The van der Waals surface area contributed by atoms with Crippen molar-refractivity contribution in [3.63, 3.8) is 0 Å². The number of carbonyl (C=O) groups excluding carboxylic acids is 1. The van der Waals surface area contributed by atoms with Crippen LogP contribution in [0.25, 0.3) is 0 Å². The highest BCUT2D eigenvalue weighted by atomic mass is 19.1. The molecule has 0 spiro atoms. The molecule has 0 radical (unpaired) electrons. The van der Waals surface area contributed by atoms with Crippen LogP contribution >= 0.6 is 0 Å². The standard InChI is InChI=1S/C11H13FN2O2/c12-10-6-13-4-3-9(10)11(15)14-8-2-1-5-16-7-8/h3-4,6,8H,1-2,5,7H2,(H,14,15). The molecule has 1 N–H and O–H groups in total. The minimum absolute atomic E-state index is 0.0196. The second-order valence-corrected chi connectivity index (χ2v) is 3.74. The maximum atomic E-state index is 13.2. The van der Waals surface area contributed by atoms with E-state index in [0.29, 0.717) is 6.61 Å². The zero-order valence-corrected chi connectivity index (χ0v) is 8.78. The Labute approximate surface area is 92.8 Å². The molecule has 0 aliphatic carbocycles. The molecule has 1 unspecified atom stereocenters. The molecule has 0 saturated carbocycles. The molecule has 1 aliphatic heterocycles. The number of nitrogens with zero attached hydrogens (tertiary/aromatic N) is 1. The van der Waals surface area contributed by atoms with E-state index < -0.39 is 11.7 Å². The van der Waals surface area contributed by atoms with Crippen LogP contribution in [0.3, 0.4) is 0 Å². The number of pyridine rings is 1. The van der Waals surface area contributed by atoms with Crippen LogP contribution in [0.2, 0.25) is 0 Å². The van der Waals surface area contributed by atoms with Gasteiger partial charge in [0.15, 0.2) is 5.82 Å². The number of rotatable bonds is 2. The molecule has 1 atom stereocenters. The van der Waals surface area contributed by atoms with Gasteiger partial charge in [-0.2, -0.15) is 0 Å². The van der Waals surface area contributed by atoms with Gasteiger partial charge in [-0.3, -0.25) is 9.78 Å². The molecule has 2 rings (SSSR count). The van der Waals surface area contributed by atoms with Gasteiger partial charge in [-0.1, -0.05) is 0 Å². The second-order valence-electron chi connectivity index (χ2n) is 3.74. The van der Waals surface area contributed by atoms with Crippen molar-refractivity contribution in [3.05, 3.63) is 29.8 Å². The molecule has 1 aromatic heterocycles. The smallest absolute Gasteiger partial charge is 0.254 e. The van der Waals surface area contributed by atoms with Crippen molar-refractivity contribution >= 4 is 5.91 Å². The first-order valence-electron chi connectivity index (χ1n) is 5.25. The summed E-state index contributed by atoms with van der Waals surface area (Å²) >= 11 is 0. The van der Waals surface area contributed by atoms with Crippen molar-refractivity contribution in [3.8, 4) is 0 Å². The van der Waals surface area contributed by atoms with Crippen LogP contribution in [-0.4, -0.2) is 30.1 Å². The van der Waals surface area contributed by atoms with Crippen molar-refractivity contribution in [1.29, 1.82) is 0 Å². The van der Waals surface area contributed by atoms with Gasteiger partial charge in [0.25, 0.3) is 5.91 Å². The zero-order chi connectivity index (χ0) is 11.4. The zero-order valence-electron chi connectivity index (χ0n) is 8.78. The van der Waals surface area contributed by atoms with E-state index in [0.717, 1.165) is 25.6 Å². The van der Waals surface area contributed by atoms with Crippen molar-refractivity contribution in [2.45, 2.75) is 18.9 Å². The summed E-state index contributed by atoms with van der Waals surface area (Å²) < 4.78 is 18.5. The van der Waals surface area contributed by atoms with Crippen LogP contribution in [-0.2, 0) is 4.74 Å². The maximum Gasteiger partial charge on any atom is 0.254 e. The minimum Gasteiger partial charge on any atom is -0.379 e. The first-order valence-corrected chi connectivity index (χ1v) is 5.25. The Bertz CT molecular complexity index is 378. The summed E-state index contributed by atoms with van der Waals surface area (Å²) in [5.74, 6) is -1.01. The number of carbonyl (C=O) groups is 1. The molecule has 86 valence electrons. The monoisotopic (exact) mass is 224 g/mol. The summed E-state index contributed by atoms with van der Waals surface area (Å²) in [6.45, 7) is 1.23. The van der Waals surface area contributed by atoms with Gasteiger partial charge in [-0.25, -0.2) is 4.39 Å². The molecule has 1 amide bonds. The number of aromatic nitrogens is 1. The fourth-order valence-corrected chi connectivity index (χ4v) is 1.68. The predicted octanol–water partition coefficient (Wildman–Crippen LogP) is 1.13. The summed E-state index contributed by atoms with van der Waals surface area (Å²) in [6.07, 6.45) is 4.23. The van der Waals surface area contributed by atoms with Crippen LogP contribution < -0.4 is 5.32 Å². The van der Waals surface area contributed by atoms with Gasteiger partial charge in [0.1, 0.15) is 0 Å². The summed E-state index contributed by atoms with van der Waals surface area (Å²) in [5.41, 5.74) is 0.0283. The topological polar surface area (TPSA) is 51.2 Å². The van der Waals surface area contributed by atoms with Crippen molar-refractivity contribution in [2.24, 2.45) is 0 Å². The quantitative estimate of drug-likeness (QED) is 0.819. The lowest BCUT2D eigenvalue weighted by Gasteiger charge is -2.23. The maximum absolute atomic E-state index is 13.2. The Kier molecular flexibility index (Phi) is 3.46. The average molecular weight is 224 g/mol. The number of nitrogens with one attached hydrogen (secondary N) is 1. The average Bonchev–Trinajstić information content (AvgIpc) is 2.31. The molecule has 1 aliphatic rings. The third-order valence-corrected chi connectivity index (χ3v) is 2.51. The van der Waals surface area contributed by atoms with Gasteiger partial charge in [0.2, 0.25) is 0 Å². The molecule has 16 heavy (non-hydrogen) atoms. The Hall–Kier alpha value is -1.49. The molecule has 5 heteroatoms. The Morgan fingerprint density at radius 3 is 3.19 bits per heavy atom. The summed E-state index contributed by atoms with van der Waals surface area (Å²) in [4.78, 5) is 15.3. The van der Waals surface area contributed by atoms with Gasteiger partial charge in [0.05, 0.1) is 24.4 Å². The van der Waals surface area contributed by atoms with E-state index in [1.165, 1.54) is 12.3 Å². The number of halogens is 1. The SMILES string of the molecule is O=C(NC1CCCOC1)c1ccncc1F. The molecule has 1 fully saturated rings. The van der Waals surface area contributed by atoms with Crippen LogP contribution in [0, 0.1) is 5.82 Å². The van der Waals surface area contributed by atoms with Crippen molar-refractivity contribution < 1.29 is 13.9 Å². The molecule has 0 aromatic carbocycles. The molecule has 1 aromatic rings. The normalized spacial score (nSPS) is 20.4. The van der Waals surface area contributed by atoms with Crippen LogP contribution in [0.5, 0.6) is 0 Å². The van der Waals surface area contributed by atoms with E-state index in [4.69, 9.17) is 4.74 Å². The third kappa shape index (κ3) is 2.55. The summed E-state index contributed by atoms with van der Waals surface area (Å²) in [5, 5.41) is 2.74. The summed E-state index contributed by atoms with van der Waals surface area (Å²) in [7, 11) is 0. The molecular weight excluding hydrogens is 211 g/mol.